The molecular weight excluding hydrogens is 252 g/mol. The van der Waals surface area contributed by atoms with Crippen LogP contribution in [-0.2, 0) is 13.1 Å². The van der Waals surface area contributed by atoms with Crippen LogP contribution in [0.1, 0.15) is 22.9 Å². The molecule has 0 unspecified atom stereocenters. The van der Waals surface area contributed by atoms with Gasteiger partial charge in [-0.2, -0.15) is 0 Å². The smallest absolute Gasteiger partial charge is 0.145 e. The van der Waals surface area contributed by atoms with E-state index in [0.717, 1.165) is 29.5 Å². The van der Waals surface area contributed by atoms with E-state index in [0.29, 0.717) is 12.4 Å². The number of pyridine rings is 1. The van der Waals surface area contributed by atoms with Gasteiger partial charge in [0.05, 0.1) is 12.2 Å². The molecule has 2 rings (SSSR count). The number of nitrogens with one attached hydrogen (secondary N) is 1. The van der Waals surface area contributed by atoms with Crippen LogP contribution in [0.5, 0.6) is 0 Å². The predicted molar refractivity (Wildman–Crippen MR) is 78.7 cm³/mol. The Morgan fingerprint density at radius 3 is 2.60 bits per heavy atom. The van der Waals surface area contributed by atoms with Crippen molar-refractivity contribution in [2.45, 2.75) is 26.9 Å². The molecule has 6 nitrogen and oxygen atoms in total. The lowest BCUT2D eigenvalue weighted by molar-refractivity contribution is 0.306. The molecule has 0 aliphatic rings. The van der Waals surface area contributed by atoms with Crippen LogP contribution in [0, 0.1) is 13.8 Å². The molecule has 3 N–H and O–H groups in total. The quantitative estimate of drug-likeness (QED) is 0.633. The van der Waals surface area contributed by atoms with Crippen molar-refractivity contribution in [3.63, 3.8) is 0 Å². The molecule has 2 aromatic rings. The van der Waals surface area contributed by atoms with Gasteiger partial charge in [0, 0.05) is 24.0 Å². The molecule has 0 radical (unpaired) electrons. The molecule has 0 aromatic carbocycles. The van der Waals surface area contributed by atoms with Crippen LogP contribution in [0.4, 0.5) is 5.82 Å². The highest BCUT2D eigenvalue weighted by Crippen LogP contribution is 2.08. The van der Waals surface area contributed by atoms with E-state index < -0.39 is 0 Å². The van der Waals surface area contributed by atoms with Crippen LogP contribution < -0.4 is 11.3 Å². The van der Waals surface area contributed by atoms with Gasteiger partial charge in [-0.15, -0.1) is 0 Å². The molecule has 0 bridgehead atoms. The minimum atomic E-state index is 0.634. The zero-order valence-corrected chi connectivity index (χ0v) is 12.1. The average Bonchev–Trinajstić information content (AvgIpc) is 2.37. The molecule has 0 aliphatic heterocycles. The van der Waals surface area contributed by atoms with Crippen molar-refractivity contribution in [2.24, 2.45) is 5.84 Å². The predicted octanol–water partition coefficient (Wildman–Crippen LogP) is 1.41. The fourth-order valence-electron chi connectivity index (χ4n) is 2.04. The first-order valence-corrected chi connectivity index (χ1v) is 6.49. The number of hydrogen-bond donors (Lipinski definition) is 2. The Labute approximate surface area is 119 Å². The van der Waals surface area contributed by atoms with Crippen molar-refractivity contribution in [1.82, 2.24) is 19.9 Å². The fraction of sp³-hybridized carbons (Fsp3) is 0.357. The summed E-state index contributed by atoms with van der Waals surface area (Å²) in [5.41, 5.74) is 5.51. The standard InChI is InChI=1S/C14H20N6/c1-10-5-4-6-12(16-10)8-20(3)9-14-17-11(2)7-13(18-14)19-15/h4-7H,8-9,15H2,1-3H3,(H,17,18,19). The largest absolute Gasteiger partial charge is 0.308 e. The molecule has 6 heteroatoms. The van der Waals surface area contributed by atoms with Crippen LogP contribution in [0.2, 0.25) is 0 Å². The molecule has 0 amide bonds. The monoisotopic (exact) mass is 272 g/mol. The highest BCUT2D eigenvalue weighted by atomic mass is 15.3. The lowest BCUT2D eigenvalue weighted by Gasteiger charge is -2.16. The minimum Gasteiger partial charge on any atom is -0.308 e. The van der Waals surface area contributed by atoms with Crippen molar-refractivity contribution < 1.29 is 0 Å². The third-order valence-corrected chi connectivity index (χ3v) is 2.84. The van der Waals surface area contributed by atoms with Crippen molar-refractivity contribution in [3.8, 4) is 0 Å². The van der Waals surface area contributed by atoms with E-state index in [1.54, 1.807) is 0 Å². The maximum absolute atomic E-state index is 5.39. The lowest BCUT2D eigenvalue weighted by Crippen LogP contribution is -2.21. The number of aryl methyl sites for hydroxylation is 2. The topological polar surface area (TPSA) is 80.0 Å². The van der Waals surface area contributed by atoms with Crippen molar-refractivity contribution in [3.05, 3.63) is 47.2 Å². The molecule has 0 saturated carbocycles. The number of nitrogen functional groups attached to an aromatic ring is 1. The van der Waals surface area contributed by atoms with Gasteiger partial charge < -0.3 is 5.43 Å². The molecule has 106 valence electrons. The maximum atomic E-state index is 5.39. The molecule has 0 spiro atoms. The Bertz CT molecular complexity index is 584. The summed E-state index contributed by atoms with van der Waals surface area (Å²) < 4.78 is 0. The Morgan fingerprint density at radius 1 is 1.10 bits per heavy atom. The molecule has 2 aromatic heterocycles. The van der Waals surface area contributed by atoms with E-state index in [-0.39, 0.29) is 0 Å². The summed E-state index contributed by atoms with van der Waals surface area (Å²) in [4.78, 5) is 15.4. The molecule has 0 fully saturated rings. The Hall–Kier alpha value is -2.05. The zero-order chi connectivity index (χ0) is 14.5. The molecule has 2 heterocycles. The second-order valence-corrected chi connectivity index (χ2v) is 4.90. The van der Waals surface area contributed by atoms with Gasteiger partial charge in [-0.25, -0.2) is 15.8 Å². The van der Waals surface area contributed by atoms with Crippen molar-refractivity contribution in [2.75, 3.05) is 12.5 Å². The molecule has 0 saturated heterocycles. The van der Waals surface area contributed by atoms with Gasteiger partial charge in [-0.1, -0.05) is 6.07 Å². The second-order valence-electron chi connectivity index (χ2n) is 4.90. The highest BCUT2D eigenvalue weighted by molar-refractivity contribution is 5.33. The Morgan fingerprint density at radius 2 is 1.90 bits per heavy atom. The van der Waals surface area contributed by atoms with Crippen molar-refractivity contribution in [1.29, 1.82) is 0 Å². The number of hydrazine groups is 1. The summed E-state index contributed by atoms with van der Waals surface area (Å²) >= 11 is 0. The van der Waals surface area contributed by atoms with Gasteiger partial charge in [0.1, 0.15) is 11.6 Å². The normalized spacial score (nSPS) is 10.8. The first-order chi connectivity index (χ1) is 9.56. The maximum Gasteiger partial charge on any atom is 0.145 e. The molecule has 20 heavy (non-hydrogen) atoms. The zero-order valence-electron chi connectivity index (χ0n) is 12.1. The van der Waals surface area contributed by atoms with Crippen LogP contribution >= 0.6 is 0 Å². The molecule has 0 aliphatic carbocycles. The van der Waals surface area contributed by atoms with E-state index in [1.807, 2.05) is 45.2 Å². The summed E-state index contributed by atoms with van der Waals surface area (Å²) in [5.74, 6) is 6.77. The fourth-order valence-corrected chi connectivity index (χ4v) is 2.04. The Balaban J connectivity index is 2.04. The molecular formula is C14H20N6. The van der Waals surface area contributed by atoms with E-state index in [1.165, 1.54) is 0 Å². The summed E-state index contributed by atoms with van der Waals surface area (Å²) in [5, 5.41) is 0. The van der Waals surface area contributed by atoms with E-state index >= 15 is 0 Å². The van der Waals surface area contributed by atoms with Gasteiger partial charge in [0.25, 0.3) is 0 Å². The van der Waals surface area contributed by atoms with Crippen LogP contribution in [0.3, 0.4) is 0 Å². The van der Waals surface area contributed by atoms with Crippen molar-refractivity contribution >= 4 is 5.82 Å². The van der Waals surface area contributed by atoms with Crippen LogP contribution in [0.15, 0.2) is 24.3 Å². The minimum absolute atomic E-state index is 0.634. The first kappa shape index (κ1) is 14.4. The van der Waals surface area contributed by atoms with E-state index in [9.17, 15) is 0 Å². The van der Waals surface area contributed by atoms with Gasteiger partial charge in [-0.3, -0.25) is 9.88 Å². The van der Waals surface area contributed by atoms with Crippen LogP contribution in [0.25, 0.3) is 0 Å². The third kappa shape index (κ3) is 3.97. The number of hydrogen-bond acceptors (Lipinski definition) is 6. The Kier molecular flexibility index (Phi) is 4.60. The summed E-state index contributed by atoms with van der Waals surface area (Å²) in [6.45, 7) is 5.32. The average molecular weight is 272 g/mol. The highest BCUT2D eigenvalue weighted by Gasteiger charge is 2.07. The number of nitrogens with two attached hydrogens (primary N) is 1. The SMILES string of the molecule is Cc1cccc(CN(C)Cc2nc(C)cc(NN)n2)n1. The van der Waals surface area contributed by atoms with Gasteiger partial charge in [0.15, 0.2) is 0 Å². The second kappa shape index (κ2) is 6.40. The molecule has 0 atom stereocenters. The lowest BCUT2D eigenvalue weighted by atomic mass is 10.3. The number of rotatable bonds is 5. The summed E-state index contributed by atoms with van der Waals surface area (Å²) in [6, 6.07) is 7.84. The number of anilines is 1. The van der Waals surface area contributed by atoms with E-state index in [4.69, 9.17) is 5.84 Å². The van der Waals surface area contributed by atoms with Gasteiger partial charge in [0.2, 0.25) is 0 Å². The first-order valence-electron chi connectivity index (χ1n) is 6.49. The van der Waals surface area contributed by atoms with Gasteiger partial charge in [-0.05, 0) is 33.0 Å². The van der Waals surface area contributed by atoms with E-state index in [2.05, 4.69) is 25.3 Å². The number of nitrogens with zero attached hydrogens (tertiary/aromatic N) is 4. The number of aromatic nitrogens is 3. The van der Waals surface area contributed by atoms with Gasteiger partial charge >= 0.3 is 0 Å². The van der Waals surface area contributed by atoms with Crippen LogP contribution in [-0.4, -0.2) is 26.9 Å². The summed E-state index contributed by atoms with van der Waals surface area (Å²) in [6.07, 6.45) is 0. The summed E-state index contributed by atoms with van der Waals surface area (Å²) in [7, 11) is 2.02. The third-order valence-electron chi connectivity index (χ3n) is 2.84.